The summed E-state index contributed by atoms with van der Waals surface area (Å²) >= 11 is 0. The Hall–Kier alpha value is -2.82. The van der Waals surface area contributed by atoms with Gasteiger partial charge in [0, 0.05) is 12.5 Å². The average molecular weight is 297 g/mol. The van der Waals surface area contributed by atoms with E-state index in [1.807, 2.05) is 36.4 Å². The average Bonchev–Trinajstić information content (AvgIpc) is 2.51. The normalized spacial score (nSPS) is 13.5. The molecule has 0 spiro atoms. The zero-order valence-corrected chi connectivity index (χ0v) is 12.1. The lowest BCUT2D eigenvalue weighted by Gasteiger charge is -2.26. The molecule has 0 N–H and O–H groups in total. The molecule has 0 aromatic heterocycles. The van der Waals surface area contributed by atoms with E-state index in [1.54, 1.807) is 12.1 Å². The van der Waals surface area contributed by atoms with E-state index in [9.17, 15) is 9.59 Å². The van der Waals surface area contributed by atoms with Gasteiger partial charge in [0.15, 0.2) is 0 Å². The summed E-state index contributed by atoms with van der Waals surface area (Å²) in [5.41, 5.74) is 1.43. The molecule has 0 saturated carbocycles. The van der Waals surface area contributed by atoms with Crippen molar-refractivity contribution in [3.8, 4) is 11.5 Å². The zero-order chi connectivity index (χ0) is 15.5. The van der Waals surface area contributed by atoms with E-state index in [2.05, 4.69) is 0 Å². The van der Waals surface area contributed by atoms with Crippen molar-refractivity contribution >= 4 is 11.9 Å². The molecule has 1 aliphatic heterocycles. The molecule has 5 heteroatoms. The Bertz CT molecular complexity index is 712. The van der Waals surface area contributed by atoms with Gasteiger partial charge >= 0.3 is 5.97 Å². The smallest absolute Gasteiger partial charge is 0.329 e. The number of hydrogen-bond donors (Lipinski definition) is 0. The van der Waals surface area contributed by atoms with Crippen LogP contribution < -0.4 is 4.74 Å². The van der Waals surface area contributed by atoms with E-state index >= 15 is 0 Å². The molecule has 0 atom stereocenters. The van der Waals surface area contributed by atoms with Crippen molar-refractivity contribution < 1.29 is 19.2 Å². The van der Waals surface area contributed by atoms with Crippen LogP contribution in [0.1, 0.15) is 22.8 Å². The summed E-state index contributed by atoms with van der Waals surface area (Å²) in [4.78, 5) is 28.1. The highest BCUT2D eigenvalue weighted by molar-refractivity contribution is 5.96. The van der Waals surface area contributed by atoms with Gasteiger partial charge in [0.2, 0.25) is 0 Å². The van der Waals surface area contributed by atoms with Crippen LogP contribution in [0, 0.1) is 0 Å². The van der Waals surface area contributed by atoms with Crippen molar-refractivity contribution in [2.45, 2.75) is 13.3 Å². The van der Waals surface area contributed by atoms with Crippen LogP contribution in [0.3, 0.4) is 0 Å². The highest BCUT2D eigenvalue weighted by Gasteiger charge is 2.27. The fourth-order valence-corrected chi connectivity index (χ4v) is 2.37. The standard InChI is InChI=1S/C17H15NO4/c1-12(19)22-18-10-9-13-11-15(7-8-16(13)17(18)20)21-14-5-3-2-4-6-14/h2-8,11H,9-10H2,1H3. The van der Waals surface area contributed by atoms with Crippen molar-refractivity contribution in [3.05, 3.63) is 59.7 Å². The van der Waals surface area contributed by atoms with E-state index in [0.29, 0.717) is 24.3 Å². The molecule has 0 aliphatic carbocycles. The summed E-state index contributed by atoms with van der Waals surface area (Å²) in [7, 11) is 0. The Balaban J connectivity index is 1.81. The number of ether oxygens (including phenoxy) is 1. The van der Waals surface area contributed by atoms with Gasteiger partial charge in [-0.05, 0) is 42.3 Å². The predicted octanol–water partition coefficient (Wildman–Crippen LogP) is 2.96. The van der Waals surface area contributed by atoms with Gasteiger partial charge in [0.05, 0.1) is 6.54 Å². The SMILES string of the molecule is CC(=O)ON1CCc2cc(Oc3ccccc3)ccc2C1=O. The Labute approximate surface area is 128 Å². The van der Waals surface area contributed by atoms with E-state index in [1.165, 1.54) is 6.92 Å². The predicted molar refractivity (Wildman–Crippen MR) is 79.5 cm³/mol. The fourth-order valence-electron chi connectivity index (χ4n) is 2.37. The topological polar surface area (TPSA) is 55.8 Å². The highest BCUT2D eigenvalue weighted by atomic mass is 16.7. The Morgan fingerprint density at radius 1 is 1.09 bits per heavy atom. The maximum atomic E-state index is 12.2. The third-order valence-electron chi connectivity index (χ3n) is 3.34. The summed E-state index contributed by atoms with van der Waals surface area (Å²) in [6.07, 6.45) is 0.611. The summed E-state index contributed by atoms with van der Waals surface area (Å²) < 4.78 is 5.76. The second-order valence-corrected chi connectivity index (χ2v) is 4.97. The molecule has 2 aromatic rings. The molecule has 1 amide bonds. The molecule has 112 valence electrons. The minimum Gasteiger partial charge on any atom is -0.457 e. The maximum Gasteiger partial charge on any atom is 0.329 e. The van der Waals surface area contributed by atoms with Crippen molar-refractivity contribution in [2.24, 2.45) is 0 Å². The molecular weight excluding hydrogens is 282 g/mol. The molecule has 1 heterocycles. The number of nitrogens with zero attached hydrogens (tertiary/aromatic N) is 1. The Morgan fingerprint density at radius 2 is 1.86 bits per heavy atom. The molecular formula is C17H15NO4. The molecule has 22 heavy (non-hydrogen) atoms. The number of rotatable bonds is 3. The van der Waals surface area contributed by atoms with Crippen LogP contribution in [-0.4, -0.2) is 23.5 Å². The lowest BCUT2D eigenvalue weighted by atomic mass is 10.00. The van der Waals surface area contributed by atoms with Crippen LogP contribution in [0.4, 0.5) is 0 Å². The lowest BCUT2D eigenvalue weighted by molar-refractivity contribution is -0.175. The van der Waals surface area contributed by atoms with Gasteiger partial charge in [-0.15, -0.1) is 0 Å². The molecule has 3 rings (SSSR count). The number of fused-ring (bicyclic) bond motifs is 1. The number of para-hydroxylation sites is 1. The number of carbonyl (C=O) groups is 2. The van der Waals surface area contributed by atoms with E-state index in [-0.39, 0.29) is 5.91 Å². The van der Waals surface area contributed by atoms with Crippen molar-refractivity contribution in [3.63, 3.8) is 0 Å². The summed E-state index contributed by atoms with van der Waals surface area (Å²) in [5, 5.41) is 1.10. The van der Waals surface area contributed by atoms with Gasteiger partial charge in [0.25, 0.3) is 5.91 Å². The van der Waals surface area contributed by atoms with Gasteiger partial charge in [-0.3, -0.25) is 9.59 Å². The highest BCUT2D eigenvalue weighted by Crippen LogP contribution is 2.27. The first-order valence-corrected chi connectivity index (χ1v) is 7.00. The monoisotopic (exact) mass is 297 g/mol. The largest absolute Gasteiger partial charge is 0.457 e. The second-order valence-electron chi connectivity index (χ2n) is 4.97. The number of hydrogen-bond acceptors (Lipinski definition) is 4. The van der Waals surface area contributed by atoms with Crippen LogP contribution in [-0.2, 0) is 16.1 Å². The molecule has 0 unspecified atom stereocenters. The van der Waals surface area contributed by atoms with Crippen LogP contribution in [0.5, 0.6) is 11.5 Å². The number of hydroxylamine groups is 2. The first kappa shape index (κ1) is 14.1. The summed E-state index contributed by atoms with van der Waals surface area (Å²) in [6.45, 7) is 1.62. The minimum atomic E-state index is -0.499. The van der Waals surface area contributed by atoms with Gasteiger partial charge < -0.3 is 9.57 Å². The Kier molecular flexibility index (Phi) is 3.78. The van der Waals surface area contributed by atoms with Crippen LogP contribution in [0.2, 0.25) is 0 Å². The van der Waals surface area contributed by atoms with E-state index in [0.717, 1.165) is 16.4 Å². The molecule has 0 bridgehead atoms. The molecule has 0 saturated heterocycles. The van der Waals surface area contributed by atoms with Gasteiger partial charge in [-0.2, -0.15) is 5.06 Å². The minimum absolute atomic E-state index is 0.303. The summed E-state index contributed by atoms with van der Waals surface area (Å²) in [6, 6.07) is 14.7. The van der Waals surface area contributed by atoms with Gasteiger partial charge in [-0.25, -0.2) is 0 Å². The van der Waals surface area contributed by atoms with Crippen molar-refractivity contribution in [2.75, 3.05) is 6.54 Å². The third kappa shape index (κ3) is 2.93. The second kappa shape index (κ2) is 5.89. The quantitative estimate of drug-likeness (QED) is 0.874. The molecule has 2 aromatic carbocycles. The first-order valence-electron chi connectivity index (χ1n) is 7.00. The van der Waals surface area contributed by atoms with Gasteiger partial charge in [-0.1, -0.05) is 18.2 Å². The van der Waals surface area contributed by atoms with Crippen molar-refractivity contribution in [1.29, 1.82) is 0 Å². The zero-order valence-electron chi connectivity index (χ0n) is 12.1. The molecule has 0 fully saturated rings. The molecule has 5 nitrogen and oxygen atoms in total. The summed E-state index contributed by atoms with van der Waals surface area (Å²) in [5.74, 6) is 0.619. The number of benzene rings is 2. The van der Waals surface area contributed by atoms with Crippen LogP contribution in [0.25, 0.3) is 0 Å². The van der Waals surface area contributed by atoms with Crippen molar-refractivity contribution in [1.82, 2.24) is 5.06 Å². The Morgan fingerprint density at radius 3 is 2.59 bits per heavy atom. The lowest BCUT2D eigenvalue weighted by Crippen LogP contribution is -2.38. The fraction of sp³-hybridized carbons (Fsp3) is 0.176. The van der Waals surface area contributed by atoms with Gasteiger partial charge in [0.1, 0.15) is 11.5 Å². The third-order valence-corrected chi connectivity index (χ3v) is 3.34. The molecule has 0 radical (unpaired) electrons. The number of amides is 1. The van der Waals surface area contributed by atoms with E-state index in [4.69, 9.17) is 9.57 Å². The van der Waals surface area contributed by atoms with E-state index < -0.39 is 5.97 Å². The maximum absolute atomic E-state index is 12.2. The molecule has 1 aliphatic rings. The van der Waals surface area contributed by atoms with Crippen LogP contribution >= 0.6 is 0 Å². The van der Waals surface area contributed by atoms with Crippen LogP contribution in [0.15, 0.2) is 48.5 Å². The first-order chi connectivity index (χ1) is 10.6. The number of carbonyl (C=O) groups excluding carboxylic acids is 2.